The monoisotopic (exact) mass is 312 g/mol. The number of fused-ring (bicyclic) bond motifs is 1. The maximum atomic E-state index is 13.0. The smallest absolute Gasteiger partial charge is 0.369 e. The molecule has 0 aliphatic carbocycles. The summed E-state index contributed by atoms with van der Waals surface area (Å²) in [5.74, 6) is -3.77. The van der Waals surface area contributed by atoms with Crippen LogP contribution < -0.4 is 5.73 Å². The number of H-pyrrole nitrogens is 1. The van der Waals surface area contributed by atoms with Gasteiger partial charge < -0.3 is 5.73 Å². The number of benzene rings is 1. The number of amides is 1. The SMILES string of the molecule is NC(=O)[C@@H]1CN(Cc2ccc3cn[nH]c3c2)C[C@H]1C(F)(F)F. The summed E-state index contributed by atoms with van der Waals surface area (Å²) < 4.78 is 39.0. The number of nitrogens with zero attached hydrogens (tertiary/aromatic N) is 2. The molecule has 1 fully saturated rings. The molecule has 3 rings (SSSR count). The Labute approximate surface area is 124 Å². The zero-order chi connectivity index (χ0) is 15.9. The van der Waals surface area contributed by atoms with Crippen molar-refractivity contribution in [2.45, 2.75) is 12.7 Å². The Hall–Kier alpha value is -2.09. The Morgan fingerprint density at radius 2 is 2.18 bits per heavy atom. The molecule has 1 aromatic carbocycles. The van der Waals surface area contributed by atoms with E-state index in [9.17, 15) is 18.0 Å². The van der Waals surface area contributed by atoms with Crippen LogP contribution in [0.1, 0.15) is 5.56 Å². The summed E-state index contributed by atoms with van der Waals surface area (Å²) in [5, 5.41) is 7.67. The van der Waals surface area contributed by atoms with E-state index >= 15 is 0 Å². The molecular weight excluding hydrogens is 297 g/mol. The quantitative estimate of drug-likeness (QED) is 0.905. The highest BCUT2D eigenvalue weighted by Crippen LogP contribution is 2.38. The van der Waals surface area contributed by atoms with Crippen LogP contribution in [0.5, 0.6) is 0 Å². The first-order chi connectivity index (χ1) is 10.3. The maximum Gasteiger partial charge on any atom is 0.393 e. The second-order valence-electron chi connectivity index (χ2n) is 5.64. The molecule has 0 radical (unpaired) electrons. The van der Waals surface area contributed by atoms with E-state index in [0.717, 1.165) is 16.5 Å². The number of primary amides is 1. The summed E-state index contributed by atoms with van der Waals surface area (Å²) in [6.45, 7) is 0.157. The Bertz CT molecular complexity index is 697. The lowest BCUT2D eigenvalue weighted by Crippen LogP contribution is -2.37. The number of likely N-dealkylation sites (tertiary alicyclic amines) is 1. The topological polar surface area (TPSA) is 75.0 Å². The van der Waals surface area contributed by atoms with Gasteiger partial charge in [0.1, 0.15) is 0 Å². The third-order valence-corrected chi connectivity index (χ3v) is 4.09. The molecule has 22 heavy (non-hydrogen) atoms. The zero-order valence-electron chi connectivity index (χ0n) is 11.6. The Morgan fingerprint density at radius 1 is 1.41 bits per heavy atom. The third-order valence-electron chi connectivity index (χ3n) is 4.09. The molecular formula is C14H15F3N4O. The number of carbonyl (C=O) groups excluding carboxylic acids is 1. The summed E-state index contributed by atoms with van der Waals surface area (Å²) in [7, 11) is 0. The van der Waals surface area contributed by atoms with Gasteiger partial charge in [-0.25, -0.2) is 0 Å². The molecule has 1 saturated heterocycles. The number of carbonyl (C=O) groups is 1. The van der Waals surface area contributed by atoms with Crippen LogP contribution in [-0.2, 0) is 11.3 Å². The average Bonchev–Trinajstić information content (AvgIpc) is 3.03. The number of hydrogen-bond donors (Lipinski definition) is 2. The van der Waals surface area contributed by atoms with Crippen LogP contribution in [0.3, 0.4) is 0 Å². The Balaban J connectivity index is 1.76. The van der Waals surface area contributed by atoms with E-state index in [2.05, 4.69) is 10.2 Å². The summed E-state index contributed by atoms with van der Waals surface area (Å²) in [5.41, 5.74) is 6.81. The van der Waals surface area contributed by atoms with Gasteiger partial charge >= 0.3 is 6.18 Å². The van der Waals surface area contributed by atoms with Crippen molar-refractivity contribution in [2.24, 2.45) is 17.6 Å². The molecule has 0 bridgehead atoms. The molecule has 118 valence electrons. The van der Waals surface area contributed by atoms with Crippen molar-refractivity contribution in [1.82, 2.24) is 15.1 Å². The lowest BCUT2D eigenvalue weighted by Gasteiger charge is -2.18. The van der Waals surface area contributed by atoms with E-state index in [1.54, 1.807) is 11.1 Å². The van der Waals surface area contributed by atoms with Crippen molar-refractivity contribution in [3.63, 3.8) is 0 Å². The molecule has 1 amide bonds. The fourth-order valence-corrected chi connectivity index (χ4v) is 2.98. The molecule has 8 heteroatoms. The minimum atomic E-state index is -4.41. The highest BCUT2D eigenvalue weighted by molar-refractivity contribution is 5.78. The highest BCUT2D eigenvalue weighted by atomic mass is 19.4. The number of rotatable bonds is 3. The van der Waals surface area contributed by atoms with E-state index in [1.165, 1.54) is 0 Å². The fourth-order valence-electron chi connectivity index (χ4n) is 2.98. The number of alkyl halides is 3. The summed E-state index contributed by atoms with van der Waals surface area (Å²) >= 11 is 0. The largest absolute Gasteiger partial charge is 0.393 e. The standard InChI is InChI=1S/C14H15F3N4O/c15-14(16,17)11-7-21(6-10(11)13(18)22)5-8-1-2-9-4-19-20-12(9)3-8/h1-4,10-11H,5-7H2,(H2,18,22)(H,19,20)/t10-,11-/m1/s1. The molecule has 2 heterocycles. The van der Waals surface area contributed by atoms with Gasteiger partial charge in [0.2, 0.25) is 5.91 Å². The van der Waals surface area contributed by atoms with Gasteiger partial charge in [0.15, 0.2) is 0 Å². The summed E-state index contributed by atoms with van der Waals surface area (Å²) in [6, 6.07) is 5.55. The molecule has 2 aromatic rings. The van der Waals surface area contributed by atoms with E-state index in [1.807, 2.05) is 18.2 Å². The van der Waals surface area contributed by atoms with Gasteiger partial charge in [-0.05, 0) is 11.6 Å². The first-order valence-electron chi connectivity index (χ1n) is 6.85. The molecule has 0 spiro atoms. The highest BCUT2D eigenvalue weighted by Gasteiger charge is 2.51. The van der Waals surface area contributed by atoms with Gasteiger partial charge in [0.05, 0.1) is 23.5 Å². The lowest BCUT2D eigenvalue weighted by atomic mass is 9.95. The van der Waals surface area contributed by atoms with Gasteiger partial charge in [-0.15, -0.1) is 0 Å². The molecule has 1 aromatic heterocycles. The van der Waals surface area contributed by atoms with Gasteiger partial charge in [-0.1, -0.05) is 12.1 Å². The first-order valence-corrected chi connectivity index (χ1v) is 6.85. The maximum absolute atomic E-state index is 13.0. The lowest BCUT2D eigenvalue weighted by molar-refractivity contribution is -0.182. The molecule has 0 saturated carbocycles. The number of nitrogens with one attached hydrogen (secondary N) is 1. The van der Waals surface area contributed by atoms with Crippen molar-refractivity contribution in [1.29, 1.82) is 0 Å². The van der Waals surface area contributed by atoms with Gasteiger partial charge in [0.25, 0.3) is 0 Å². The summed E-state index contributed by atoms with van der Waals surface area (Å²) in [6.07, 6.45) is -2.74. The van der Waals surface area contributed by atoms with Crippen LogP contribution in [0.25, 0.3) is 10.9 Å². The van der Waals surface area contributed by atoms with Crippen LogP contribution in [0.4, 0.5) is 13.2 Å². The van der Waals surface area contributed by atoms with Crippen molar-refractivity contribution >= 4 is 16.8 Å². The predicted octanol–water partition coefficient (Wildman–Crippen LogP) is 1.66. The van der Waals surface area contributed by atoms with Crippen molar-refractivity contribution in [3.8, 4) is 0 Å². The fraction of sp³-hybridized carbons (Fsp3) is 0.429. The Morgan fingerprint density at radius 3 is 2.82 bits per heavy atom. The average molecular weight is 312 g/mol. The van der Waals surface area contributed by atoms with Crippen LogP contribution in [0.2, 0.25) is 0 Å². The second-order valence-corrected chi connectivity index (χ2v) is 5.64. The molecule has 1 aliphatic rings. The second kappa shape index (κ2) is 5.28. The third kappa shape index (κ3) is 2.78. The predicted molar refractivity (Wildman–Crippen MR) is 73.6 cm³/mol. The van der Waals surface area contributed by atoms with Gasteiger partial charge in [0, 0.05) is 25.0 Å². The molecule has 5 nitrogen and oxygen atoms in total. The number of hydrogen-bond acceptors (Lipinski definition) is 3. The minimum absolute atomic E-state index is 0.0283. The van der Waals surface area contributed by atoms with Crippen molar-refractivity contribution in [2.75, 3.05) is 13.1 Å². The van der Waals surface area contributed by atoms with E-state index in [-0.39, 0.29) is 13.1 Å². The molecule has 1 aliphatic heterocycles. The number of aromatic amines is 1. The number of aromatic nitrogens is 2. The molecule has 2 atom stereocenters. The number of halogens is 3. The number of nitrogens with two attached hydrogens (primary N) is 1. The molecule has 0 unspecified atom stereocenters. The van der Waals surface area contributed by atoms with Crippen LogP contribution in [0.15, 0.2) is 24.4 Å². The van der Waals surface area contributed by atoms with Crippen LogP contribution >= 0.6 is 0 Å². The van der Waals surface area contributed by atoms with Crippen molar-refractivity contribution < 1.29 is 18.0 Å². The van der Waals surface area contributed by atoms with E-state index in [0.29, 0.717) is 6.54 Å². The Kier molecular flexibility index (Phi) is 3.56. The van der Waals surface area contributed by atoms with Crippen molar-refractivity contribution in [3.05, 3.63) is 30.0 Å². The molecule has 3 N–H and O–H groups in total. The normalized spacial score (nSPS) is 23.2. The first kappa shape index (κ1) is 14.8. The minimum Gasteiger partial charge on any atom is -0.369 e. The van der Waals surface area contributed by atoms with E-state index in [4.69, 9.17) is 5.73 Å². The van der Waals surface area contributed by atoms with E-state index < -0.39 is 23.9 Å². The van der Waals surface area contributed by atoms with Crippen LogP contribution in [-0.4, -0.2) is 40.3 Å². The van der Waals surface area contributed by atoms with Gasteiger partial charge in [-0.2, -0.15) is 18.3 Å². The summed E-state index contributed by atoms with van der Waals surface area (Å²) in [4.78, 5) is 12.9. The van der Waals surface area contributed by atoms with Crippen LogP contribution in [0, 0.1) is 11.8 Å². The van der Waals surface area contributed by atoms with Gasteiger partial charge in [-0.3, -0.25) is 14.8 Å². The zero-order valence-corrected chi connectivity index (χ0v) is 11.6.